The quantitative estimate of drug-likeness (QED) is 0.878. The molecule has 92 valence electrons. The van der Waals surface area contributed by atoms with Crippen LogP contribution in [0.3, 0.4) is 0 Å². The molecule has 0 aliphatic rings. The summed E-state index contributed by atoms with van der Waals surface area (Å²) >= 11 is 11.2. The van der Waals surface area contributed by atoms with E-state index in [4.69, 9.17) is 23.2 Å². The fourth-order valence-electron chi connectivity index (χ4n) is 1.26. The molecule has 2 aromatic heterocycles. The third kappa shape index (κ3) is 3.65. The molecule has 0 bridgehead atoms. The van der Waals surface area contributed by atoms with Crippen LogP contribution in [0.25, 0.3) is 0 Å². The molecule has 0 radical (unpaired) electrons. The second-order valence-corrected chi connectivity index (χ2v) is 4.21. The SMILES string of the molecule is O=C(Cc1ccc(Cl)nc1)Nc1cnc(Cl)cn1. The molecule has 2 rings (SSSR count). The fraction of sp³-hybridized carbons (Fsp3) is 0.0909. The molecule has 0 unspecified atom stereocenters. The van der Waals surface area contributed by atoms with Gasteiger partial charge >= 0.3 is 0 Å². The summed E-state index contributed by atoms with van der Waals surface area (Å²) in [6, 6.07) is 3.37. The molecule has 5 nitrogen and oxygen atoms in total. The highest BCUT2D eigenvalue weighted by molar-refractivity contribution is 6.29. The van der Waals surface area contributed by atoms with Gasteiger partial charge in [-0.05, 0) is 11.6 Å². The Balaban J connectivity index is 1.96. The minimum Gasteiger partial charge on any atom is -0.309 e. The first-order chi connectivity index (χ1) is 8.63. The van der Waals surface area contributed by atoms with Crippen molar-refractivity contribution in [3.05, 3.63) is 46.6 Å². The monoisotopic (exact) mass is 282 g/mol. The third-order valence-corrected chi connectivity index (χ3v) is 2.46. The molecule has 0 aliphatic heterocycles. The zero-order chi connectivity index (χ0) is 13.0. The number of halogens is 2. The van der Waals surface area contributed by atoms with Crippen molar-refractivity contribution in [3.8, 4) is 0 Å². The van der Waals surface area contributed by atoms with Crippen LogP contribution in [0.15, 0.2) is 30.7 Å². The summed E-state index contributed by atoms with van der Waals surface area (Å²) in [5.74, 6) is 0.141. The zero-order valence-corrected chi connectivity index (χ0v) is 10.6. The standard InChI is InChI=1S/C11H8Cl2N4O/c12-8-2-1-7(4-14-8)3-11(18)17-10-6-15-9(13)5-16-10/h1-2,4-6H,3H2,(H,16,17,18). The topological polar surface area (TPSA) is 67.8 Å². The molecule has 7 heteroatoms. The van der Waals surface area contributed by atoms with Crippen LogP contribution >= 0.6 is 23.2 Å². The largest absolute Gasteiger partial charge is 0.309 e. The van der Waals surface area contributed by atoms with Crippen LogP contribution in [0.2, 0.25) is 10.3 Å². The number of nitrogens with one attached hydrogen (secondary N) is 1. The predicted octanol–water partition coefficient (Wildman–Crippen LogP) is 2.36. The first kappa shape index (κ1) is 12.7. The minimum absolute atomic E-state index is 0.189. The number of carbonyl (C=O) groups is 1. The van der Waals surface area contributed by atoms with E-state index in [9.17, 15) is 4.79 Å². The van der Waals surface area contributed by atoms with Gasteiger partial charge in [0.15, 0.2) is 5.82 Å². The van der Waals surface area contributed by atoms with E-state index in [0.717, 1.165) is 5.56 Å². The number of pyridine rings is 1. The van der Waals surface area contributed by atoms with Crippen molar-refractivity contribution in [3.63, 3.8) is 0 Å². The maximum atomic E-state index is 11.7. The maximum absolute atomic E-state index is 11.7. The normalized spacial score (nSPS) is 10.1. The smallest absolute Gasteiger partial charge is 0.230 e. The summed E-state index contributed by atoms with van der Waals surface area (Å²) in [6.07, 6.45) is 4.49. The lowest BCUT2D eigenvalue weighted by Crippen LogP contribution is -2.15. The predicted molar refractivity (Wildman–Crippen MR) is 68.6 cm³/mol. The van der Waals surface area contributed by atoms with Gasteiger partial charge in [-0.25, -0.2) is 15.0 Å². The van der Waals surface area contributed by atoms with E-state index >= 15 is 0 Å². The molecule has 0 fully saturated rings. The highest BCUT2D eigenvalue weighted by Gasteiger charge is 2.05. The van der Waals surface area contributed by atoms with E-state index in [-0.39, 0.29) is 17.5 Å². The molecule has 0 spiro atoms. The van der Waals surface area contributed by atoms with Crippen molar-refractivity contribution in [1.29, 1.82) is 0 Å². The van der Waals surface area contributed by atoms with E-state index in [1.807, 2.05) is 0 Å². The number of rotatable bonds is 3. The lowest BCUT2D eigenvalue weighted by Gasteiger charge is -2.03. The summed E-state index contributed by atoms with van der Waals surface area (Å²) in [4.78, 5) is 23.3. The van der Waals surface area contributed by atoms with Crippen LogP contribution in [-0.2, 0) is 11.2 Å². The molecule has 1 N–H and O–H groups in total. The van der Waals surface area contributed by atoms with Crippen molar-refractivity contribution >= 4 is 34.9 Å². The lowest BCUT2D eigenvalue weighted by atomic mass is 10.2. The van der Waals surface area contributed by atoms with Crippen molar-refractivity contribution in [2.45, 2.75) is 6.42 Å². The Morgan fingerprint density at radius 3 is 2.44 bits per heavy atom. The number of anilines is 1. The minimum atomic E-state index is -0.212. The van der Waals surface area contributed by atoms with Gasteiger partial charge in [-0.1, -0.05) is 29.3 Å². The van der Waals surface area contributed by atoms with Crippen LogP contribution in [0.4, 0.5) is 5.82 Å². The molecule has 0 aromatic carbocycles. The Bertz CT molecular complexity index is 492. The summed E-state index contributed by atoms with van der Waals surface area (Å²) in [5, 5.41) is 3.26. The summed E-state index contributed by atoms with van der Waals surface area (Å²) in [5.41, 5.74) is 0.763. The molecule has 0 saturated heterocycles. The third-order valence-electron chi connectivity index (χ3n) is 2.04. The number of hydrogen-bond donors (Lipinski definition) is 1. The molecular weight excluding hydrogens is 275 g/mol. The summed E-state index contributed by atoms with van der Waals surface area (Å²) in [7, 11) is 0. The highest BCUT2D eigenvalue weighted by atomic mass is 35.5. The number of aromatic nitrogens is 3. The first-order valence-electron chi connectivity index (χ1n) is 5.01. The molecule has 0 atom stereocenters. The Labute approximate surface area is 113 Å². The van der Waals surface area contributed by atoms with Gasteiger partial charge in [0.05, 0.1) is 18.8 Å². The van der Waals surface area contributed by atoms with Crippen LogP contribution < -0.4 is 5.32 Å². The molecule has 18 heavy (non-hydrogen) atoms. The molecular formula is C11H8Cl2N4O. The van der Waals surface area contributed by atoms with E-state index in [0.29, 0.717) is 11.0 Å². The molecule has 1 amide bonds. The van der Waals surface area contributed by atoms with Crippen LogP contribution in [-0.4, -0.2) is 20.9 Å². The number of nitrogens with zero attached hydrogens (tertiary/aromatic N) is 3. The first-order valence-corrected chi connectivity index (χ1v) is 5.77. The summed E-state index contributed by atoms with van der Waals surface area (Å²) in [6.45, 7) is 0. The van der Waals surface area contributed by atoms with Gasteiger partial charge in [0.2, 0.25) is 5.91 Å². The average Bonchev–Trinajstić information content (AvgIpc) is 2.35. The van der Waals surface area contributed by atoms with Gasteiger partial charge in [0.1, 0.15) is 10.3 Å². The Hall–Kier alpha value is -1.72. The summed E-state index contributed by atoms with van der Waals surface area (Å²) < 4.78 is 0. The number of carbonyl (C=O) groups excluding carboxylic acids is 1. The van der Waals surface area contributed by atoms with E-state index in [2.05, 4.69) is 20.3 Å². The molecule has 2 aromatic rings. The van der Waals surface area contributed by atoms with E-state index in [1.54, 1.807) is 18.3 Å². The van der Waals surface area contributed by atoms with Crippen molar-refractivity contribution < 1.29 is 4.79 Å². The van der Waals surface area contributed by atoms with Gasteiger partial charge in [-0.15, -0.1) is 0 Å². The molecule has 0 aliphatic carbocycles. The zero-order valence-electron chi connectivity index (χ0n) is 9.10. The van der Waals surface area contributed by atoms with E-state index < -0.39 is 0 Å². The van der Waals surface area contributed by atoms with Crippen LogP contribution in [0.1, 0.15) is 5.56 Å². The molecule has 2 heterocycles. The highest BCUT2D eigenvalue weighted by Crippen LogP contribution is 2.08. The van der Waals surface area contributed by atoms with Gasteiger partial charge < -0.3 is 5.32 Å². The Morgan fingerprint density at radius 2 is 1.83 bits per heavy atom. The van der Waals surface area contributed by atoms with Gasteiger partial charge in [-0.3, -0.25) is 4.79 Å². The van der Waals surface area contributed by atoms with Crippen molar-refractivity contribution in [2.75, 3.05) is 5.32 Å². The Morgan fingerprint density at radius 1 is 1.06 bits per heavy atom. The second-order valence-electron chi connectivity index (χ2n) is 3.44. The average molecular weight is 283 g/mol. The fourth-order valence-corrected chi connectivity index (χ4v) is 1.47. The second kappa shape index (κ2) is 5.75. The van der Waals surface area contributed by atoms with Crippen molar-refractivity contribution in [2.24, 2.45) is 0 Å². The molecule has 0 saturated carbocycles. The van der Waals surface area contributed by atoms with Gasteiger partial charge in [0.25, 0.3) is 0 Å². The number of amides is 1. The number of hydrogen-bond acceptors (Lipinski definition) is 4. The Kier molecular flexibility index (Phi) is 4.07. The van der Waals surface area contributed by atoms with Gasteiger partial charge in [0, 0.05) is 6.20 Å². The van der Waals surface area contributed by atoms with E-state index in [1.165, 1.54) is 12.4 Å². The maximum Gasteiger partial charge on any atom is 0.230 e. The van der Waals surface area contributed by atoms with Gasteiger partial charge in [-0.2, -0.15) is 0 Å². The van der Waals surface area contributed by atoms with Crippen LogP contribution in [0.5, 0.6) is 0 Å². The van der Waals surface area contributed by atoms with Crippen LogP contribution in [0, 0.1) is 0 Å². The lowest BCUT2D eigenvalue weighted by molar-refractivity contribution is -0.115. The van der Waals surface area contributed by atoms with Crippen molar-refractivity contribution in [1.82, 2.24) is 15.0 Å².